The van der Waals surface area contributed by atoms with Gasteiger partial charge in [0.2, 0.25) is 12.3 Å². The van der Waals surface area contributed by atoms with E-state index in [1.807, 2.05) is 26.0 Å². The van der Waals surface area contributed by atoms with Crippen molar-refractivity contribution < 1.29 is 14.1 Å². The number of carbonyl (C=O) groups excluding carboxylic acids is 2. The van der Waals surface area contributed by atoms with Gasteiger partial charge in [0.05, 0.1) is 6.42 Å². The van der Waals surface area contributed by atoms with E-state index < -0.39 is 0 Å². The van der Waals surface area contributed by atoms with Crippen LogP contribution in [0.25, 0.3) is 11.0 Å². The summed E-state index contributed by atoms with van der Waals surface area (Å²) >= 11 is 0. The molecular weight excluding hydrogens is 270 g/mol. The lowest BCUT2D eigenvalue weighted by Gasteiger charge is -2.04. The van der Waals surface area contributed by atoms with E-state index in [9.17, 15) is 9.59 Å². The van der Waals surface area contributed by atoms with Crippen LogP contribution in [-0.4, -0.2) is 30.6 Å². The van der Waals surface area contributed by atoms with Crippen molar-refractivity contribution >= 4 is 23.3 Å². The molecule has 1 aromatic carbocycles. The molecule has 21 heavy (non-hydrogen) atoms. The Bertz CT molecular complexity index is 649. The zero-order valence-electron chi connectivity index (χ0n) is 12.2. The fraction of sp³-hybridized carbons (Fsp3) is 0.400. The maximum absolute atomic E-state index is 11.9. The van der Waals surface area contributed by atoms with Gasteiger partial charge in [-0.1, -0.05) is 5.16 Å². The first-order chi connectivity index (χ1) is 10.1. The maximum Gasteiger partial charge on any atom is 0.226 e. The maximum atomic E-state index is 11.9. The van der Waals surface area contributed by atoms with Crippen LogP contribution in [0.2, 0.25) is 0 Å². The largest absolute Gasteiger partial charge is 0.359 e. The smallest absolute Gasteiger partial charge is 0.226 e. The molecule has 0 bridgehead atoms. The summed E-state index contributed by atoms with van der Waals surface area (Å²) in [4.78, 5) is 21.9. The molecule has 112 valence electrons. The summed E-state index contributed by atoms with van der Waals surface area (Å²) in [5.74, 6) is -0.102. The highest BCUT2D eigenvalue weighted by molar-refractivity contribution is 5.87. The van der Waals surface area contributed by atoms with E-state index in [1.165, 1.54) is 0 Å². The van der Waals surface area contributed by atoms with Gasteiger partial charge < -0.3 is 15.2 Å². The number of rotatable bonds is 7. The van der Waals surface area contributed by atoms with Crippen molar-refractivity contribution in [2.45, 2.75) is 26.7 Å². The molecule has 2 N–H and O–H groups in total. The minimum absolute atomic E-state index is 0.102. The van der Waals surface area contributed by atoms with Gasteiger partial charge in [-0.3, -0.25) is 9.59 Å². The Morgan fingerprint density at radius 1 is 1.29 bits per heavy atom. The van der Waals surface area contributed by atoms with E-state index in [0.717, 1.165) is 16.5 Å². The number of nitrogens with one attached hydrogen (secondary N) is 2. The Balaban J connectivity index is 1.95. The van der Waals surface area contributed by atoms with Crippen molar-refractivity contribution in [3.8, 4) is 0 Å². The van der Waals surface area contributed by atoms with Crippen molar-refractivity contribution in [2.75, 3.05) is 13.1 Å². The number of fused-ring (bicyclic) bond motifs is 1. The second-order valence-electron chi connectivity index (χ2n) is 5.01. The summed E-state index contributed by atoms with van der Waals surface area (Å²) in [6, 6.07) is 3.93. The molecule has 1 aromatic heterocycles. The van der Waals surface area contributed by atoms with Crippen LogP contribution in [0.5, 0.6) is 0 Å². The molecule has 0 aliphatic heterocycles. The van der Waals surface area contributed by atoms with E-state index in [4.69, 9.17) is 4.52 Å². The molecular formula is C15H19N3O3. The first-order valence-electron chi connectivity index (χ1n) is 6.91. The fourth-order valence-electron chi connectivity index (χ4n) is 2.06. The summed E-state index contributed by atoms with van der Waals surface area (Å²) in [7, 11) is 0. The second kappa shape index (κ2) is 6.88. The molecule has 0 aliphatic rings. The van der Waals surface area contributed by atoms with Gasteiger partial charge in [-0.05, 0) is 43.5 Å². The van der Waals surface area contributed by atoms with Gasteiger partial charge in [0.25, 0.3) is 0 Å². The van der Waals surface area contributed by atoms with Crippen molar-refractivity contribution in [3.05, 3.63) is 29.0 Å². The van der Waals surface area contributed by atoms with Gasteiger partial charge >= 0.3 is 0 Å². The van der Waals surface area contributed by atoms with Crippen LogP contribution < -0.4 is 10.6 Å². The zero-order chi connectivity index (χ0) is 15.2. The lowest BCUT2D eigenvalue weighted by molar-refractivity contribution is -0.120. The van der Waals surface area contributed by atoms with Crippen LogP contribution in [0.15, 0.2) is 16.7 Å². The minimum Gasteiger partial charge on any atom is -0.359 e. The van der Waals surface area contributed by atoms with E-state index in [-0.39, 0.29) is 12.3 Å². The van der Waals surface area contributed by atoms with Crippen molar-refractivity contribution in [3.63, 3.8) is 0 Å². The van der Waals surface area contributed by atoms with Crippen LogP contribution in [0.4, 0.5) is 0 Å². The summed E-state index contributed by atoms with van der Waals surface area (Å²) in [6.07, 6.45) is 1.53. The number of nitrogens with zero attached hydrogens (tertiary/aromatic N) is 1. The first kappa shape index (κ1) is 15.0. The van der Waals surface area contributed by atoms with Crippen molar-refractivity contribution in [1.82, 2.24) is 15.8 Å². The van der Waals surface area contributed by atoms with E-state index in [0.29, 0.717) is 37.2 Å². The van der Waals surface area contributed by atoms with Crippen molar-refractivity contribution in [2.24, 2.45) is 0 Å². The third-order valence-electron chi connectivity index (χ3n) is 3.39. The summed E-state index contributed by atoms with van der Waals surface area (Å²) in [5, 5.41) is 10.2. The molecule has 1 heterocycles. The highest BCUT2D eigenvalue weighted by Gasteiger charge is 2.13. The molecule has 0 radical (unpaired) electrons. The lowest BCUT2D eigenvalue weighted by atomic mass is 10.1. The van der Waals surface area contributed by atoms with Crippen LogP contribution in [0, 0.1) is 13.8 Å². The number of aryl methyl sites for hydroxylation is 2. The number of carbonyl (C=O) groups is 2. The van der Waals surface area contributed by atoms with Crippen LogP contribution >= 0.6 is 0 Å². The van der Waals surface area contributed by atoms with Crippen LogP contribution in [-0.2, 0) is 16.0 Å². The quantitative estimate of drug-likeness (QED) is 0.593. The third kappa shape index (κ3) is 3.81. The zero-order valence-corrected chi connectivity index (χ0v) is 12.2. The molecule has 0 atom stereocenters. The van der Waals surface area contributed by atoms with E-state index in [1.54, 1.807) is 0 Å². The number of hydrogen-bond acceptors (Lipinski definition) is 4. The number of hydrogen-bond donors (Lipinski definition) is 2. The Hall–Kier alpha value is -2.37. The fourth-order valence-corrected chi connectivity index (χ4v) is 2.06. The highest BCUT2D eigenvalue weighted by atomic mass is 16.5. The average molecular weight is 289 g/mol. The normalized spacial score (nSPS) is 10.6. The first-order valence-corrected chi connectivity index (χ1v) is 6.91. The SMILES string of the molecule is Cc1cc2onc(CC(=O)NCCCNC=O)c2cc1C. The minimum atomic E-state index is -0.102. The Morgan fingerprint density at radius 3 is 2.81 bits per heavy atom. The molecule has 2 rings (SSSR count). The molecule has 0 spiro atoms. The monoisotopic (exact) mass is 289 g/mol. The van der Waals surface area contributed by atoms with Gasteiger partial charge in [-0.25, -0.2) is 0 Å². The third-order valence-corrected chi connectivity index (χ3v) is 3.39. The van der Waals surface area contributed by atoms with E-state index >= 15 is 0 Å². The summed E-state index contributed by atoms with van der Waals surface area (Å²) < 4.78 is 5.26. The van der Waals surface area contributed by atoms with Crippen molar-refractivity contribution in [1.29, 1.82) is 0 Å². The molecule has 6 heteroatoms. The molecule has 2 amide bonds. The number of amides is 2. The molecule has 0 saturated heterocycles. The summed E-state index contributed by atoms with van der Waals surface area (Å²) in [6.45, 7) is 5.10. The molecule has 0 unspecified atom stereocenters. The standard InChI is InChI=1S/C15H19N3O3/c1-10-6-12-13(18-21-14(12)7-11(10)2)8-15(20)17-5-3-4-16-9-19/h6-7,9H,3-5,8H2,1-2H3,(H,16,19)(H,17,20). The topological polar surface area (TPSA) is 84.2 Å². The molecule has 0 fully saturated rings. The molecule has 0 aliphatic carbocycles. The molecule has 2 aromatic rings. The second-order valence-corrected chi connectivity index (χ2v) is 5.01. The predicted octanol–water partition coefficient (Wildman–Crippen LogP) is 1.24. The summed E-state index contributed by atoms with van der Waals surface area (Å²) in [5.41, 5.74) is 3.64. The number of aromatic nitrogens is 1. The van der Waals surface area contributed by atoms with Gasteiger partial charge in [0.1, 0.15) is 5.69 Å². The van der Waals surface area contributed by atoms with Gasteiger partial charge in [-0.15, -0.1) is 0 Å². The molecule has 0 saturated carbocycles. The lowest BCUT2D eigenvalue weighted by Crippen LogP contribution is -2.28. The van der Waals surface area contributed by atoms with Crippen LogP contribution in [0.3, 0.4) is 0 Å². The highest BCUT2D eigenvalue weighted by Crippen LogP contribution is 2.22. The van der Waals surface area contributed by atoms with Gasteiger partial charge in [0, 0.05) is 18.5 Å². The van der Waals surface area contributed by atoms with Crippen LogP contribution in [0.1, 0.15) is 23.2 Å². The predicted molar refractivity (Wildman–Crippen MR) is 78.9 cm³/mol. The Labute approximate surface area is 122 Å². The number of benzene rings is 1. The van der Waals surface area contributed by atoms with Gasteiger partial charge in [-0.2, -0.15) is 0 Å². The Kier molecular flexibility index (Phi) is 4.92. The van der Waals surface area contributed by atoms with E-state index in [2.05, 4.69) is 15.8 Å². The Morgan fingerprint density at radius 2 is 2.05 bits per heavy atom. The van der Waals surface area contributed by atoms with Gasteiger partial charge in [0.15, 0.2) is 5.58 Å². The molecule has 6 nitrogen and oxygen atoms in total. The average Bonchev–Trinajstić information content (AvgIpc) is 2.81.